The standard InChI is InChI=1S/C13H26N2O2S/c1-13(2,3)18(16,17)15-10-5-4-8-12(15)11-7-6-9-14-11/h11-12,14H,4-10H2,1-3H3. The van der Waals surface area contributed by atoms with Crippen LogP contribution >= 0.6 is 0 Å². The molecule has 4 nitrogen and oxygen atoms in total. The molecule has 0 saturated carbocycles. The van der Waals surface area contributed by atoms with Crippen LogP contribution in [0.15, 0.2) is 0 Å². The molecule has 5 heteroatoms. The SMILES string of the molecule is CC(C)(C)S(=O)(=O)N1CCCCC1C1CCCN1. The molecule has 0 aromatic heterocycles. The maximum atomic E-state index is 12.7. The fraction of sp³-hybridized carbons (Fsp3) is 1.00. The molecule has 0 aliphatic carbocycles. The van der Waals surface area contributed by atoms with Gasteiger partial charge in [0.25, 0.3) is 0 Å². The maximum Gasteiger partial charge on any atom is 0.219 e. The van der Waals surface area contributed by atoms with E-state index in [1.807, 2.05) is 0 Å². The Morgan fingerprint density at radius 3 is 2.39 bits per heavy atom. The van der Waals surface area contributed by atoms with Crippen LogP contribution in [0, 0.1) is 0 Å². The van der Waals surface area contributed by atoms with Gasteiger partial charge in [0, 0.05) is 18.6 Å². The summed E-state index contributed by atoms with van der Waals surface area (Å²) in [7, 11) is -3.19. The summed E-state index contributed by atoms with van der Waals surface area (Å²) in [5.41, 5.74) is 0. The largest absolute Gasteiger partial charge is 0.312 e. The van der Waals surface area contributed by atoms with E-state index >= 15 is 0 Å². The van der Waals surface area contributed by atoms with Gasteiger partial charge in [-0.15, -0.1) is 0 Å². The average Bonchev–Trinajstić information content (AvgIpc) is 2.81. The van der Waals surface area contributed by atoms with Crippen LogP contribution in [0.25, 0.3) is 0 Å². The molecule has 2 saturated heterocycles. The smallest absolute Gasteiger partial charge is 0.219 e. The van der Waals surface area contributed by atoms with E-state index in [1.54, 1.807) is 25.1 Å². The van der Waals surface area contributed by atoms with Gasteiger partial charge >= 0.3 is 0 Å². The van der Waals surface area contributed by atoms with Crippen molar-refractivity contribution < 1.29 is 8.42 Å². The van der Waals surface area contributed by atoms with Crippen LogP contribution in [-0.4, -0.2) is 42.6 Å². The van der Waals surface area contributed by atoms with Crippen molar-refractivity contribution in [3.8, 4) is 0 Å². The van der Waals surface area contributed by atoms with Crippen LogP contribution in [0.1, 0.15) is 52.9 Å². The van der Waals surface area contributed by atoms with E-state index < -0.39 is 14.8 Å². The Bertz CT molecular complexity index is 380. The van der Waals surface area contributed by atoms with Gasteiger partial charge in [0.05, 0.1) is 4.75 Å². The fourth-order valence-corrected chi connectivity index (χ4v) is 4.70. The van der Waals surface area contributed by atoms with Gasteiger partial charge < -0.3 is 5.32 Å². The molecule has 0 radical (unpaired) electrons. The first kappa shape index (κ1) is 14.3. The minimum Gasteiger partial charge on any atom is -0.312 e. The molecular weight excluding hydrogens is 248 g/mol. The summed E-state index contributed by atoms with van der Waals surface area (Å²) in [5.74, 6) is 0. The molecule has 2 fully saturated rings. The Hall–Kier alpha value is -0.130. The van der Waals surface area contributed by atoms with Crippen molar-refractivity contribution in [2.24, 2.45) is 0 Å². The van der Waals surface area contributed by atoms with E-state index in [2.05, 4.69) is 5.32 Å². The van der Waals surface area contributed by atoms with E-state index in [9.17, 15) is 8.42 Å². The Balaban J connectivity index is 2.22. The number of piperidine rings is 1. The monoisotopic (exact) mass is 274 g/mol. The second kappa shape index (κ2) is 5.10. The molecule has 2 heterocycles. The average molecular weight is 274 g/mol. The molecular formula is C13H26N2O2S. The summed E-state index contributed by atoms with van der Waals surface area (Å²) in [6.45, 7) is 7.13. The lowest BCUT2D eigenvalue weighted by Crippen LogP contribution is -2.56. The highest BCUT2D eigenvalue weighted by atomic mass is 32.2. The Kier molecular flexibility index (Phi) is 4.04. The highest BCUT2D eigenvalue weighted by molar-refractivity contribution is 7.90. The molecule has 0 aromatic carbocycles. The highest BCUT2D eigenvalue weighted by Gasteiger charge is 2.43. The number of rotatable bonds is 2. The third-order valence-electron chi connectivity index (χ3n) is 4.14. The van der Waals surface area contributed by atoms with E-state index in [1.165, 1.54) is 6.42 Å². The molecule has 2 unspecified atom stereocenters. The summed E-state index contributed by atoms with van der Waals surface area (Å²) in [6, 6.07) is 0.535. The van der Waals surface area contributed by atoms with Gasteiger partial charge in [-0.25, -0.2) is 8.42 Å². The first-order valence-corrected chi connectivity index (χ1v) is 8.53. The van der Waals surface area contributed by atoms with Crippen LogP contribution in [0.5, 0.6) is 0 Å². The van der Waals surface area contributed by atoms with Crippen molar-refractivity contribution >= 4 is 10.0 Å². The van der Waals surface area contributed by atoms with Crippen LogP contribution in [0.2, 0.25) is 0 Å². The molecule has 2 atom stereocenters. The lowest BCUT2D eigenvalue weighted by Gasteiger charge is -2.41. The first-order chi connectivity index (χ1) is 8.34. The molecule has 0 bridgehead atoms. The third kappa shape index (κ3) is 2.58. The van der Waals surface area contributed by atoms with Crippen molar-refractivity contribution in [2.45, 2.75) is 69.7 Å². The van der Waals surface area contributed by atoms with Crippen molar-refractivity contribution in [3.63, 3.8) is 0 Å². The molecule has 0 amide bonds. The highest BCUT2D eigenvalue weighted by Crippen LogP contribution is 2.31. The van der Waals surface area contributed by atoms with Gasteiger partial charge in [0.1, 0.15) is 0 Å². The summed E-state index contributed by atoms with van der Waals surface area (Å²) >= 11 is 0. The zero-order valence-electron chi connectivity index (χ0n) is 11.8. The summed E-state index contributed by atoms with van der Waals surface area (Å²) in [4.78, 5) is 0. The Labute approximate surface area is 111 Å². The second-order valence-electron chi connectivity index (χ2n) is 6.49. The number of nitrogens with one attached hydrogen (secondary N) is 1. The van der Waals surface area contributed by atoms with E-state index in [0.29, 0.717) is 12.6 Å². The van der Waals surface area contributed by atoms with Crippen LogP contribution in [0.3, 0.4) is 0 Å². The lowest BCUT2D eigenvalue weighted by molar-refractivity contribution is 0.207. The molecule has 1 N–H and O–H groups in total. The maximum absolute atomic E-state index is 12.7. The minimum atomic E-state index is -3.19. The Morgan fingerprint density at radius 1 is 1.11 bits per heavy atom. The minimum absolute atomic E-state index is 0.172. The van der Waals surface area contributed by atoms with E-state index in [4.69, 9.17) is 0 Å². The Morgan fingerprint density at radius 2 is 1.83 bits per heavy atom. The van der Waals surface area contributed by atoms with Crippen molar-refractivity contribution in [1.82, 2.24) is 9.62 Å². The molecule has 2 aliphatic heterocycles. The number of sulfonamides is 1. The van der Waals surface area contributed by atoms with Crippen molar-refractivity contribution in [2.75, 3.05) is 13.1 Å². The normalized spacial score (nSPS) is 31.7. The molecule has 0 aromatic rings. The zero-order valence-corrected chi connectivity index (χ0v) is 12.6. The van der Waals surface area contributed by atoms with Crippen LogP contribution < -0.4 is 5.32 Å². The predicted octanol–water partition coefficient (Wildman–Crippen LogP) is 1.72. The molecule has 18 heavy (non-hydrogen) atoms. The zero-order chi connectivity index (χ0) is 13.4. The predicted molar refractivity (Wildman–Crippen MR) is 74.0 cm³/mol. The lowest BCUT2D eigenvalue weighted by atomic mass is 9.97. The quantitative estimate of drug-likeness (QED) is 0.834. The van der Waals surface area contributed by atoms with E-state index in [-0.39, 0.29) is 6.04 Å². The van der Waals surface area contributed by atoms with Gasteiger partial charge in [-0.3, -0.25) is 0 Å². The fourth-order valence-electron chi connectivity index (χ4n) is 3.02. The summed E-state index contributed by atoms with van der Waals surface area (Å²) in [6.07, 6.45) is 5.44. The second-order valence-corrected chi connectivity index (χ2v) is 9.14. The van der Waals surface area contributed by atoms with E-state index in [0.717, 1.165) is 32.2 Å². The summed E-state index contributed by atoms with van der Waals surface area (Å²) < 4.78 is 26.4. The molecule has 2 aliphatic rings. The van der Waals surface area contributed by atoms with Crippen molar-refractivity contribution in [1.29, 1.82) is 0 Å². The van der Waals surface area contributed by atoms with Gasteiger partial charge in [-0.1, -0.05) is 6.42 Å². The third-order valence-corrected chi connectivity index (χ3v) is 6.76. The molecule has 0 spiro atoms. The van der Waals surface area contributed by atoms with Crippen LogP contribution in [-0.2, 0) is 10.0 Å². The van der Waals surface area contributed by atoms with Crippen molar-refractivity contribution in [3.05, 3.63) is 0 Å². The van der Waals surface area contributed by atoms with Gasteiger partial charge in [0.2, 0.25) is 10.0 Å². The van der Waals surface area contributed by atoms with Gasteiger partial charge in [0.15, 0.2) is 0 Å². The number of hydrogen-bond donors (Lipinski definition) is 1. The molecule has 2 rings (SSSR count). The molecule has 106 valence electrons. The van der Waals surface area contributed by atoms with Gasteiger partial charge in [-0.2, -0.15) is 4.31 Å². The first-order valence-electron chi connectivity index (χ1n) is 7.09. The van der Waals surface area contributed by atoms with Gasteiger partial charge in [-0.05, 0) is 53.0 Å². The summed E-state index contributed by atoms with van der Waals surface area (Å²) in [5, 5.41) is 3.47. The number of hydrogen-bond acceptors (Lipinski definition) is 3. The topological polar surface area (TPSA) is 49.4 Å². The van der Waals surface area contributed by atoms with Crippen LogP contribution in [0.4, 0.5) is 0 Å². The number of nitrogens with zero attached hydrogens (tertiary/aromatic N) is 1.